The number of carbonyl (C=O) groups excluding carboxylic acids is 2. The van der Waals surface area contributed by atoms with Gasteiger partial charge in [0.15, 0.2) is 12.2 Å². The van der Waals surface area contributed by atoms with Crippen molar-refractivity contribution in [2.75, 3.05) is 24.4 Å². The number of nitrogens with zero attached hydrogens (tertiary/aromatic N) is 1. The number of carbonyl (C=O) groups is 2. The number of oxazole rings is 1. The number of hydrogen-bond acceptors (Lipinski definition) is 7. The molecule has 34 heavy (non-hydrogen) atoms. The highest BCUT2D eigenvalue weighted by Crippen LogP contribution is 2.32. The second-order valence-corrected chi connectivity index (χ2v) is 7.47. The van der Waals surface area contributed by atoms with Gasteiger partial charge in [-0.05, 0) is 43.2 Å². The number of methoxy groups -OCH3 is 1. The lowest BCUT2D eigenvalue weighted by atomic mass is 10.1. The summed E-state index contributed by atoms with van der Waals surface area (Å²) < 4.78 is 15.9. The van der Waals surface area contributed by atoms with Crippen molar-refractivity contribution in [2.45, 2.75) is 32.4 Å². The predicted molar refractivity (Wildman–Crippen MR) is 127 cm³/mol. The van der Waals surface area contributed by atoms with Gasteiger partial charge in [-0.1, -0.05) is 19.1 Å². The van der Waals surface area contributed by atoms with Crippen LogP contribution in [0.15, 0.2) is 59.5 Å². The summed E-state index contributed by atoms with van der Waals surface area (Å²) in [6, 6.07) is 11.4. The molecule has 1 aromatic heterocycles. The van der Waals surface area contributed by atoms with Gasteiger partial charge >= 0.3 is 12.1 Å². The third-order valence-corrected chi connectivity index (χ3v) is 5.07. The molecule has 0 bridgehead atoms. The van der Waals surface area contributed by atoms with E-state index in [0.29, 0.717) is 34.9 Å². The standard InChI is InChI=1S/C24H28N4O6/c1-4-19(13-29)34-24(31)26-15(2)16-6-5-7-17(10-16)27-23(30)28-18-8-9-20(21(11-18)32-3)22-12-25-14-33-22/h5-12,14-15,19,29H,4,13H2,1-3H3,(H,26,31)(H2,27,28,30)/t15-,19?/m1/s1. The molecule has 0 aliphatic carbocycles. The van der Waals surface area contributed by atoms with E-state index in [2.05, 4.69) is 20.9 Å². The molecular weight excluding hydrogens is 440 g/mol. The first-order valence-electron chi connectivity index (χ1n) is 10.8. The van der Waals surface area contributed by atoms with E-state index in [1.807, 2.05) is 13.0 Å². The zero-order chi connectivity index (χ0) is 24.5. The molecule has 0 aliphatic heterocycles. The van der Waals surface area contributed by atoms with E-state index in [0.717, 1.165) is 5.56 Å². The summed E-state index contributed by atoms with van der Waals surface area (Å²) in [4.78, 5) is 28.5. The molecule has 0 radical (unpaired) electrons. The van der Waals surface area contributed by atoms with Gasteiger partial charge < -0.3 is 34.9 Å². The molecule has 3 aromatic rings. The minimum Gasteiger partial charge on any atom is -0.496 e. The topological polar surface area (TPSA) is 135 Å². The van der Waals surface area contributed by atoms with E-state index in [-0.39, 0.29) is 12.6 Å². The predicted octanol–water partition coefficient (Wildman–Crippen LogP) is 4.55. The molecule has 10 nitrogen and oxygen atoms in total. The smallest absolute Gasteiger partial charge is 0.407 e. The number of rotatable bonds is 9. The van der Waals surface area contributed by atoms with Crippen LogP contribution in [0.5, 0.6) is 5.75 Å². The van der Waals surface area contributed by atoms with E-state index in [4.69, 9.17) is 13.9 Å². The summed E-state index contributed by atoms with van der Waals surface area (Å²) in [7, 11) is 1.53. The lowest BCUT2D eigenvalue weighted by Crippen LogP contribution is -2.32. The first-order chi connectivity index (χ1) is 16.4. The number of hydrogen-bond donors (Lipinski definition) is 4. The largest absolute Gasteiger partial charge is 0.496 e. The van der Waals surface area contributed by atoms with Crippen molar-refractivity contribution in [3.63, 3.8) is 0 Å². The van der Waals surface area contributed by atoms with E-state index < -0.39 is 18.2 Å². The highest BCUT2D eigenvalue weighted by Gasteiger charge is 2.16. The summed E-state index contributed by atoms with van der Waals surface area (Å²) in [6.45, 7) is 3.38. The lowest BCUT2D eigenvalue weighted by Gasteiger charge is -2.18. The number of amides is 3. The Morgan fingerprint density at radius 2 is 1.91 bits per heavy atom. The van der Waals surface area contributed by atoms with E-state index in [1.54, 1.807) is 49.5 Å². The Bertz CT molecular complexity index is 1100. The second-order valence-electron chi connectivity index (χ2n) is 7.47. The molecule has 1 heterocycles. The highest BCUT2D eigenvalue weighted by atomic mass is 16.6. The van der Waals surface area contributed by atoms with Gasteiger partial charge in [-0.15, -0.1) is 0 Å². The van der Waals surface area contributed by atoms with Gasteiger partial charge in [0.2, 0.25) is 0 Å². The summed E-state index contributed by atoms with van der Waals surface area (Å²) in [5, 5.41) is 17.4. The molecule has 0 fully saturated rings. The van der Waals surface area contributed by atoms with Crippen molar-refractivity contribution < 1.29 is 28.6 Å². The number of aromatic nitrogens is 1. The average Bonchev–Trinajstić information content (AvgIpc) is 3.37. The van der Waals surface area contributed by atoms with Gasteiger partial charge in [-0.3, -0.25) is 0 Å². The number of alkyl carbamates (subject to hydrolysis) is 1. The average molecular weight is 469 g/mol. The maximum Gasteiger partial charge on any atom is 0.407 e. The van der Waals surface area contributed by atoms with Crippen LogP contribution < -0.4 is 20.7 Å². The fourth-order valence-corrected chi connectivity index (χ4v) is 3.20. The molecule has 2 aromatic carbocycles. The molecule has 1 unspecified atom stereocenters. The fraction of sp³-hybridized carbons (Fsp3) is 0.292. The van der Waals surface area contributed by atoms with Crippen LogP contribution in [0.3, 0.4) is 0 Å². The van der Waals surface area contributed by atoms with Gasteiger partial charge in [0.05, 0.1) is 31.5 Å². The Hall–Kier alpha value is -4.05. The van der Waals surface area contributed by atoms with Crippen LogP contribution in [-0.4, -0.2) is 42.0 Å². The first kappa shape index (κ1) is 24.6. The number of aliphatic hydroxyl groups is 1. The molecular formula is C24H28N4O6. The Labute approximate surface area is 197 Å². The maximum atomic E-state index is 12.5. The van der Waals surface area contributed by atoms with Gasteiger partial charge in [-0.2, -0.15) is 0 Å². The number of benzene rings is 2. The molecule has 0 aliphatic rings. The zero-order valence-corrected chi connectivity index (χ0v) is 19.2. The molecule has 0 spiro atoms. The van der Waals surface area contributed by atoms with Crippen LogP contribution in [-0.2, 0) is 4.74 Å². The first-order valence-corrected chi connectivity index (χ1v) is 10.8. The third kappa shape index (κ3) is 6.48. The summed E-state index contributed by atoms with van der Waals surface area (Å²) in [5.41, 5.74) is 2.55. The molecule has 180 valence electrons. The second kappa shape index (κ2) is 11.7. The molecule has 0 saturated heterocycles. The van der Waals surface area contributed by atoms with Gasteiger partial charge in [0.25, 0.3) is 0 Å². The molecule has 2 atom stereocenters. The molecule has 4 N–H and O–H groups in total. The third-order valence-electron chi connectivity index (χ3n) is 5.07. The van der Waals surface area contributed by atoms with Crippen LogP contribution in [0, 0.1) is 0 Å². The SMILES string of the molecule is CCC(CO)OC(=O)N[C@H](C)c1cccc(NC(=O)Nc2ccc(-c3cnco3)c(OC)c2)c1. The van der Waals surface area contributed by atoms with Crippen molar-refractivity contribution in [3.05, 3.63) is 60.6 Å². The van der Waals surface area contributed by atoms with E-state index in [9.17, 15) is 14.7 Å². The highest BCUT2D eigenvalue weighted by molar-refractivity contribution is 6.00. The van der Waals surface area contributed by atoms with Crippen LogP contribution in [0.25, 0.3) is 11.3 Å². The van der Waals surface area contributed by atoms with E-state index >= 15 is 0 Å². The molecule has 3 amide bonds. The molecule has 3 rings (SSSR count). The Balaban J connectivity index is 1.61. The minimum absolute atomic E-state index is 0.235. The van der Waals surface area contributed by atoms with Gasteiger partial charge in [-0.25, -0.2) is 14.6 Å². The van der Waals surface area contributed by atoms with E-state index in [1.165, 1.54) is 13.5 Å². The Morgan fingerprint density at radius 3 is 2.56 bits per heavy atom. The van der Waals surface area contributed by atoms with Crippen LogP contribution in [0.2, 0.25) is 0 Å². The monoisotopic (exact) mass is 468 g/mol. The van der Waals surface area contributed by atoms with Crippen molar-refractivity contribution in [2.24, 2.45) is 0 Å². The van der Waals surface area contributed by atoms with Crippen LogP contribution in [0.1, 0.15) is 31.9 Å². The number of anilines is 2. The molecule has 0 saturated carbocycles. The number of aliphatic hydroxyl groups excluding tert-OH is 1. The maximum absolute atomic E-state index is 12.5. The Morgan fingerprint density at radius 1 is 1.15 bits per heavy atom. The van der Waals surface area contributed by atoms with Crippen molar-refractivity contribution in [1.29, 1.82) is 0 Å². The summed E-state index contributed by atoms with van der Waals surface area (Å²) in [5.74, 6) is 1.08. The Kier molecular flexibility index (Phi) is 8.47. The summed E-state index contributed by atoms with van der Waals surface area (Å²) in [6.07, 6.45) is 2.26. The lowest BCUT2D eigenvalue weighted by molar-refractivity contribution is 0.0539. The van der Waals surface area contributed by atoms with Gasteiger partial charge in [0, 0.05) is 17.4 Å². The van der Waals surface area contributed by atoms with Crippen LogP contribution in [0.4, 0.5) is 21.0 Å². The van der Waals surface area contributed by atoms with Crippen molar-refractivity contribution in [3.8, 4) is 17.1 Å². The van der Waals surface area contributed by atoms with Crippen LogP contribution >= 0.6 is 0 Å². The normalized spacial score (nSPS) is 12.4. The van der Waals surface area contributed by atoms with Gasteiger partial charge in [0.1, 0.15) is 11.9 Å². The number of urea groups is 1. The minimum atomic E-state index is -0.618. The molecule has 10 heteroatoms. The zero-order valence-electron chi connectivity index (χ0n) is 19.2. The van der Waals surface area contributed by atoms with Crippen molar-refractivity contribution in [1.82, 2.24) is 10.3 Å². The van der Waals surface area contributed by atoms with Crippen molar-refractivity contribution >= 4 is 23.5 Å². The quantitative estimate of drug-likeness (QED) is 0.362. The number of ether oxygens (including phenoxy) is 2. The number of nitrogens with one attached hydrogen (secondary N) is 3. The fourth-order valence-electron chi connectivity index (χ4n) is 3.20. The summed E-state index contributed by atoms with van der Waals surface area (Å²) >= 11 is 0.